The lowest BCUT2D eigenvalue weighted by atomic mass is 10.1. The molecule has 1 rings (SSSR count). The van der Waals surface area contributed by atoms with Crippen molar-refractivity contribution in [2.24, 2.45) is 0 Å². The number of hydrogen-bond donors (Lipinski definition) is 1. The van der Waals surface area contributed by atoms with E-state index < -0.39 is 5.97 Å². The smallest absolute Gasteiger partial charge is 0.336 e. The van der Waals surface area contributed by atoms with E-state index in [1.54, 1.807) is 6.07 Å². The highest BCUT2D eigenvalue weighted by atomic mass is 35.5. The van der Waals surface area contributed by atoms with E-state index in [2.05, 4.69) is 11.8 Å². The Kier molecular flexibility index (Phi) is 3.12. The van der Waals surface area contributed by atoms with Crippen LogP contribution < -0.4 is 0 Å². The average Bonchev–Trinajstić information content (AvgIpc) is 2.14. The van der Waals surface area contributed by atoms with Gasteiger partial charge in [-0.1, -0.05) is 11.6 Å². The van der Waals surface area contributed by atoms with Crippen molar-refractivity contribution in [3.63, 3.8) is 0 Å². The summed E-state index contributed by atoms with van der Waals surface area (Å²) < 4.78 is 0. The number of halogens is 1. The van der Waals surface area contributed by atoms with E-state index in [0.717, 1.165) is 0 Å². The predicted octanol–water partition coefficient (Wildman–Crippen LogP) is 1.91. The van der Waals surface area contributed by atoms with Gasteiger partial charge in [-0.05, 0) is 24.1 Å². The first-order chi connectivity index (χ1) is 6.65. The average molecular weight is 206 g/mol. The Bertz CT molecular complexity index is 477. The number of hydrogen-bond acceptors (Lipinski definition) is 2. The molecule has 1 aromatic rings. The first kappa shape index (κ1) is 10.1. The van der Waals surface area contributed by atoms with Crippen LogP contribution in [-0.4, -0.2) is 11.1 Å². The van der Waals surface area contributed by atoms with Crippen molar-refractivity contribution >= 4 is 17.6 Å². The third-order valence-electron chi connectivity index (χ3n) is 1.47. The number of carbonyl (C=O) groups is 1. The number of benzene rings is 1. The SMILES string of the molecule is N#CC#Cc1cc(Cl)ccc1C(=O)O. The number of carboxylic acid groups (broad SMARTS) is 1. The van der Waals surface area contributed by atoms with Crippen molar-refractivity contribution in [3.8, 4) is 17.9 Å². The summed E-state index contributed by atoms with van der Waals surface area (Å²) >= 11 is 5.66. The summed E-state index contributed by atoms with van der Waals surface area (Å²) in [4.78, 5) is 10.7. The van der Waals surface area contributed by atoms with Gasteiger partial charge in [-0.15, -0.1) is 0 Å². The van der Waals surface area contributed by atoms with Crippen LogP contribution in [0.5, 0.6) is 0 Å². The molecule has 0 aromatic heterocycles. The molecule has 0 heterocycles. The molecule has 3 nitrogen and oxygen atoms in total. The van der Waals surface area contributed by atoms with Gasteiger partial charge in [-0.3, -0.25) is 0 Å². The fourth-order valence-corrected chi connectivity index (χ4v) is 1.07. The standard InChI is InChI=1S/C10H4ClNO2/c11-8-3-4-9(10(13)14)7(6-8)2-1-5-12/h3-4,6H,(H,13,14). The minimum absolute atomic E-state index is 0.0390. The number of carboxylic acids is 1. The van der Waals surface area contributed by atoms with E-state index >= 15 is 0 Å². The van der Waals surface area contributed by atoms with Crippen LogP contribution in [0.2, 0.25) is 5.02 Å². The van der Waals surface area contributed by atoms with Gasteiger partial charge in [0.15, 0.2) is 6.07 Å². The molecule has 1 aromatic carbocycles. The lowest BCUT2D eigenvalue weighted by Crippen LogP contribution is -1.99. The lowest BCUT2D eigenvalue weighted by Gasteiger charge is -1.98. The Morgan fingerprint density at radius 2 is 2.21 bits per heavy atom. The Morgan fingerprint density at radius 3 is 2.79 bits per heavy atom. The van der Waals surface area contributed by atoms with Crippen LogP contribution in [-0.2, 0) is 0 Å². The van der Waals surface area contributed by atoms with Gasteiger partial charge >= 0.3 is 5.97 Å². The normalized spacial score (nSPS) is 8.29. The second-order valence-electron chi connectivity index (χ2n) is 2.36. The van der Waals surface area contributed by atoms with Crippen LogP contribution >= 0.6 is 11.6 Å². The van der Waals surface area contributed by atoms with Gasteiger partial charge in [-0.2, -0.15) is 5.26 Å². The third kappa shape index (κ3) is 2.26. The maximum atomic E-state index is 10.7. The fraction of sp³-hybridized carbons (Fsp3) is 0. The summed E-state index contributed by atoms with van der Waals surface area (Å²) in [5, 5.41) is 17.4. The van der Waals surface area contributed by atoms with Crippen LogP contribution in [0.15, 0.2) is 18.2 Å². The van der Waals surface area contributed by atoms with Gasteiger partial charge in [0.25, 0.3) is 0 Å². The van der Waals surface area contributed by atoms with E-state index in [0.29, 0.717) is 5.02 Å². The molecule has 1 N–H and O–H groups in total. The first-order valence-corrected chi connectivity index (χ1v) is 3.96. The molecular formula is C10H4ClNO2. The molecule has 68 valence electrons. The Balaban J connectivity index is 3.31. The maximum absolute atomic E-state index is 10.7. The highest BCUT2D eigenvalue weighted by Crippen LogP contribution is 2.15. The van der Waals surface area contributed by atoms with Crippen LogP contribution in [0.3, 0.4) is 0 Å². The summed E-state index contributed by atoms with van der Waals surface area (Å²) in [5.74, 6) is 3.44. The molecule has 0 fully saturated rings. The third-order valence-corrected chi connectivity index (χ3v) is 1.70. The molecule has 0 radical (unpaired) electrons. The summed E-state index contributed by atoms with van der Waals surface area (Å²) in [5.41, 5.74) is 0.281. The molecule has 0 aliphatic carbocycles. The summed E-state index contributed by atoms with van der Waals surface area (Å²) in [6, 6.07) is 5.83. The predicted molar refractivity (Wildman–Crippen MR) is 50.9 cm³/mol. The molecule has 0 bridgehead atoms. The Morgan fingerprint density at radius 1 is 1.50 bits per heavy atom. The summed E-state index contributed by atoms with van der Waals surface area (Å²) in [6.45, 7) is 0. The molecule has 0 unspecified atom stereocenters. The Hall–Kier alpha value is -1.97. The zero-order chi connectivity index (χ0) is 10.6. The van der Waals surface area contributed by atoms with E-state index in [9.17, 15) is 4.79 Å². The molecule has 4 heteroatoms. The fourth-order valence-electron chi connectivity index (χ4n) is 0.902. The first-order valence-electron chi connectivity index (χ1n) is 3.58. The van der Waals surface area contributed by atoms with E-state index in [-0.39, 0.29) is 11.1 Å². The van der Waals surface area contributed by atoms with Crippen LogP contribution in [0.1, 0.15) is 15.9 Å². The zero-order valence-corrected chi connectivity index (χ0v) is 7.67. The van der Waals surface area contributed by atoms with Crippen molar-refractivity contribution in [2.75, 3.05) is 0 Å². The zero-order valence-electron chi connectivity index (χ0n) is 6.91. The van der Waals surface area contributed by atoms with Gasteiger partial charge in [0.05, 0.1) is 5.56 Å². The van der Waals surface area contributed by atoms with Gasteiger partial charge < -0.3 is 5.11 Å². The van der Waals surface area contributed by atoms with Gasteiger partial charge in [0, 0.05) is 16.5 Å². The quantitative estimate of drug-likeness (QED) is 0.713. The highest BCUT2D eigenvalue weighted by Gasteiger charge is 2.08. The minimum Gasteiger partial charge on any atom is -0.478 e. The second kappa shape index (κ2) is 4.32. The molecule has 0 atom stereocenters. The number of nitrogens with zero attached hydrogens (tertiary/aromatic N) is 1. The summed E-state index contributed by atoms with van der Waals surface area (Å²) in [7, 11) is 0. The van der Waals surface area contributed by atoms with Gasteiger partial charge in [0.1, 0.15) is 0 Å². The largest absolute Gasteiger partial charge is 0.478 e. The molecule has 0 spiro atoms. The molecule has 14 heavy (non-hydrogen) atoms. The van der Waals surface area contributed by atoms with E-state index in [1.165, 1.54) is 18.2 Å². The van der Waals surface area contributed by atoms with Crippen molar-refractivity contribution in [1.82, 2.24) is 0 Å². The molecule has 0 amide bonds. The number of nitriles is 1. The van der Waals surface area contributed by atoms with Crippen molar-refractivity contribution in [3.05, 3.63) is 34.3 Å². The molecule has 0 saturated heterocycles. The highest BCUT2D eigenvalue weighted by molar-refractivity contribution is 6.30. The lowest BCUT2D eigenvalue weighted by molar-refractivity contribution is 0.0696. The van der Waals surface area contributed by atoms with Crippen molar-refractivity contribution in [2.45, 2.75) is 0 Å². The number of aromatic carboxylic acids is 1. The Labute approximate surface area is 85.5 Å². The van der Waals surface area contributed by atoms with E-state index in [4.69, 9.17) is 22.0 Å². The molecule has 0 saturated carbocycles. The van der Waals surface area contributed by atoms with Crippen LogP contribution in [0.25, 0.3) is 0 Å². The topological polar surface area (TPSA) is 61.1 Å². The molecule has 0 aliphatic rings. The maximum Gasteiger partial charge on any atom is 0.336 e. The summed E-state index contributed by atoms with van der Waals surface area (Å²) in [6.07, 6.45) is 0. The molecular weight excluding hydrogens is 202 g/mol. The van der Waals surface area contributed by atoms with E-state index in [1.807, 2.05) is 0 Å². The molecule has 0 aliphatic heterocycles. The van der Waals surface area contributed by atoms with Crippen LogP contribution in [0.4, 0.5) is 0 Å². The monoisotopic (exact) mass is 205 g/mol. The second-order valence-corrected chi connectivity index (χ2v) is 2.79. The van der Waals surface area contributed by atoms with Gasteiger partial charge in [0.2, 0.25) is 0 Å². The van der Waals surface area contributed by atoms with Crippen LogP contribution in [0, 0.1) is 23.2 Å². The number of rotatable bonds is 1. The van der Waals surface area contributed by atoms with Gasteiger partial charge in [-0.25, -0.2) is 4.79 Å². The minimum atomic E-state index is -1.09. The van der Waals surface area contributed by atoms with Crippen molar-refractivity contribution < 1.29 is 9.90 Å². The van der Waals surface area contributed by atoms with Crippen molar-refractivity contribution in [1.29, 1.82) is 5.26 Å².